The second kappa shape index (κ2) is 9.08. The van der Waals surface area contributed by atoms with Gasteiger partial charge in [0, 0.05) is 18.6 Å². The lowest BCUT2D eigenvalue weighted by molar-refractivity contribution is -0.130. The first-order valence-electron chi connectivity index (χ1n) is 9.13. The molecule has 0 aromatic heterocycles. The fourth-order valence-corrected chi connectivity index (χ4v) is 3.52. The van der Waals surface area contributed by atoms with Gasteiger partial charge in [0.25, 0.3) is 5.91 Å². The zero-order valence-corrected chi connectivity index (χ0v) is 16.6. The second-order valence-electron chi connectivity index (χ2n) is 6.52. The fourth-order valence-electron chi connectivity index (χ4n) is 3.31. The monoisotopic (exact) mass is 402 g/mol. The van der Waals surface area contributed by atoms with E-state index in [1.165, 1.54) is 4.90 Å². The summed E-state index contributed by atoms with van der Waals surface area (Å²) in [6, 6.07) is 13.0. The van der Waals surface area contributed by atoms with Crippen LogP contribution in [0.15, 0.2) is 48.5 Å². The van der Waals surface area contributed by atoms with Crippen molar-refractivity contribution in [1.29, 1.82) is 0 Å². The van der Waals surface area contributed by atoms with Gasteiger partial charge in [-0.15, -0.1) is 0 Å². The third-order valence-corrected chi connectivity index (χ3v) is 4.83. The normalized spacial score (nSPS) is 17.5. The number of hydrogen-bond acceptors (Lipinski definition) is 4. The summed E-state index contributed by atoms with van der Waals surface area (Å²) in [6.07, 6.45) is 0.380. The first-order chi connectivity index (χ1) is 13.5. The van der Waals surface area contributed by atoms with Crippen molar-refractivity contribution in [3.8, 4) is 5.75 Å². The Bertz CT molecular complexity index is 841. The molecule has 1 N–H and O–H groups in total. The molecule has 2 atom stereocenters. The molecule has 1 heterocycles. The summed E-state index contributed by atoms with van der Waals surface area (Å²) >= 11 is 6.02. The van der Waals surface area contributed by atoms with E-state index in [0.717, 1.165) is 16.9 Å². The van der Waals surface area contributed by atoms with Gasteiger partial charge < -0.3 is 14.8 Å². The van der Waals surface area contributed by atoms with Gasteiger partial charge in [0.05, 0.1) is 19.3 Å². The first kappa shape index (κ1) is 20.2. The maximum Gasteiger partial charge on any atom is 0.325 e. The summed E-state index contributed by atoms with van der Waals surface area (Å²) in [6.45, 7) is 2.69. The molecular weight excluding hydrogens is 380 g/mol. The Morgan fingerprint density at radius 1 is 1.18 bits per heavy atom. The van der Waals surface area contributed by atoms with E-state index in [0.29, 0.717) is 18.1 Å². The summed E-state index contributed by atoms with van der Waals surface area (Å²) < 4.78 is 10.8. The lowest BCUT2D eigenvalue weighted by atomic mass is 10.0. The maximum atomic E-state index is 13.0. The smallest absolute Gasteiger partial charge is 0.325 e. The molecule has 0 spiro atoms. The number of nitrogens with zero attached hydrogens (tertiary/aromatic N) is 1. The fraction of sp³-hybridized carbons (Fsp3) is 0.333. The zero-order valence-electron chi connectivity index (χ0n) is 15.9. The van der Waals surface area contributed by atoms with Gasteiger partial charge in [-0.1, -0.05) is 35.9 Å². The molecule has 0 unspecified atom stereocenters. The molecule has 1 aliphatic heterocycles. The van der Waals surface area contributed by atoms with Gasteiger partial charge in [-0.2, -0.15) is 0 Å². The van der Waals surface area contributed by atoms with Gasteiger partial charge in [-0.05, 0) is 42.3 Å². The van der Waals surface area contributed by atoms with Crippen molar-refractivity contribution in [3.63, 3.8) is 0 Å². The molecule has 0 bridgehead atoms. The predicted molar refractivity (Wildman–Crippen MR) is 107 cm³/mol. The van der Waals surface area contributed by atoms with Gasteiger partial charge in [0.15, 0.2) is 0 Å². The highest BCUT2D eigenvalue weighted by atomic mass is 35.5. The van der Waals surface area contributed by atoms with Gasteiger partial charge in [-0.3, -0.25) is 9.69 Å². The molecule has 0 saturated carbocycles. The van der Waals surface area contributed by atoms with Crippen LogP contribution in [0.1, 0.15) is 24.1 Å². The van der Waals surface area contributed by atoms with E-state index >= 15 is 0 Å². The van der Waals surface area contributed by atoms with Crippen molar-refractivity contribution in [2.24, 2.45) is 0 Å². The van der Waals surface area contributed by atoms with E-state index in [2.05, 4.69) is 5.32 Å². The molecule has 148 valence electrons. The Kier molecular flexibility index (Phi) is 6.54. The van der Waals surface area contributed by atoms with E-state index in [-0.39, 0.29) is 12.5 Å². The van der Waals surface area contributed by atoms with Crippen LogP contribution in [0.3, 0.4) is 0 Å². The standard InChI is InChI=1S/C21H23ClN2O4/c1-3-28-17-9-7-15(8-10-17)19(13-27-2)24-20(25)18(23-21(24)26)12-14-5-4-6-16(22)11-14/h4-11,18-19H,3,12-13H2,1-2H3,(H,23,26)/t18-,19-/m1/s1. The van der Waals surface area contributed by atoms with Crippen LogP contribution in [0.2, 0.25) is 5.02 Å². The minimum absolute atomic E-state index is 0.205. The van der Waals surface area contributed by atoms with Crippen molar-refractivity contribution in [3.05, 3.63) is 64.7 Å². The molecular formula is C21H23ClN2O4. The van der Waals surface area contributed by atoms with Crippen LogP contribution >= 0.6 is 11.6 Å². The average Bonchev–Trinajstić information content (AvgIpc) is 2.94. The van der Waals surface area contributed by atoms with Crippen LogP contribution in [0.5, 0.6) is 5.75 Å². The minimum atomic E-state index is -0.631. The highest BCUT2D eigenvalue weighted by Gasteiger charge is 2.42. The number of carbonyl (C=O) groups is 2. The molecule has 3 rings (SSSR count). The number of methoxy groups -OCH3 is 1. The average molecular weight is 403 g/mol. The number of hydrogen-bond donors (Lipinski definition) is 1. The van der Waals surface area contributed by atoms with E-state index in [9.17, 15) is 9.59 Å². The summed E-state index contributed by atoms with van der Waals surface area (Å²) in [4.78, 5) is 26.8. The van der Waals surface area contributed by atoms with E-state index < -0.39 is 18.1 Å². The van der Waals surface area contributed by atoms with Crippen molar-refractivity contribution in [2.45, 2.75) is 25.4 Å². The number of benzene rings is 2. The summed E-state index contributed by atoms with van der Waals surface area (Å²) in [7, 11) is 1.55. The van der Waals surface area contributed by atoms with Crippen molar-refractivity contribution >= 4 is 23.5 Å². The van der Waals surface area contributed by atoms with Crippen LogP contribution < -0.4 is 10.1 Å². The van der Waals surface area contributed by atoms with Gasteiger partial charge >= 0.3 is 6.03 Å². The molecule has 1 aliphatic rings. The number of urea groups is 1. The number of amides is 3. The first-order valence-corrected chi connectivity index (χ1v) is 9.51. The number of nitrogens with one attached hydrogen (secondary N) is 1. The van der Waals surface area contributed by atoms with E-state index in [1.54, 1.807) is 19.2 Å². The maximum absolute atomic E-state index is 13.0. The van der Waals surface area contributed by atoms with Crippen LogP contribution in [0.4, 0.5) is 4.79 Å². The third-order valence-electron chi connectivity index (χ3n) is 4.59. The molecule has 1 saturated heterocycles. The molecule has 0 aliphatic carbocycles. The summed E-state index contributed by atoms with van der Waals surface area (Å²) in [5, 5.41) is 3.37. The highest BCUT2D eigenvalue weighted by Crippen LogP contribution is 2.28. The molecule has 28 heavy (non-hydrogen) atoms. The largest absolute Gasteiger partial charge is 0.494 e. The Labute approximate surface area is 169 Å². The number of ether oxygens (including phenoxy) is 2. The minimum Gasteiger partial charge on any atom is -0.494 e. The zero-order chi connectivity index (χ0) is 20.1. The molecule has 0 radical (unpaired) electrons. The van der Waals surface area contributed by atoms with Gasteiger partial charge in [0.2, 0.25) is 0 Å². The Morgan fingerprint density at radius 3 is 2.57 bits per heavy atom. The topological polar surface area (TPSA) is 67.9 Å². The van der Waals surface area contributed by atoms with E-state index in [1.807, 2.05) is 43.3 Å². The van der Waals surface area contributed by atoms with Crippen LogP contribution in [0.25, 0.3) is 0 Å². The van der Waals surface area contributed by atoms with Crippen LogP contribution in [-0.2, 0) is 16.0 Å². The lowest BCUT2D eigenvalue weighted by Crippen LogP contribution is -2.37. The Balaban J connectivity index is 1.80. The highest BCUT2D eigenvalue weighted by molar-refractivity contribution is 6.30. The number of halogens is 1. The van der Waals surface area contributed by atoms with Gasteiger partial charge in [0.1, 0.15) is 11.8 Å². The quantitative estimate of drug-likeness (QED) is 0.685. The molecule has 3 amide bonds. The number of carbonyl (C=O) groups excluding carboxylic acids is 2. The van der Waals surface area contributed by atoms with Crippen molar-refractivity contribution in [2.75, 3.05) is 20.3 Å². The van der Waals surface area contributed by atoms with Gasteiger partial charge in [-0.25, -0.2) is 4.79 Å². The Hall–Kier alpha value is -2.57. The Morgan fingerprint density at radius 2 is 1.93 bits per heavy atom. The number of imide groups is 1. The van der Waals surface area contributed by atoms with Crippen molar-refractivity contribution in [1.82, 2.24) is 10.2 Å². The van der Waals surface area contributed by atoms with Crippen LogP contribution in [-0.4, -0.2) is 43.2 Å². The molecule has 2 aromatic rings. The lowest BCUT2D eigenvalue weighted by Gasteiger charge is -2.25. The SMILES string of the molecule is CCOc1ccc([C@@H](COC)N2C(=O)N[C@H](Cc3cccc(Cl)c3)C2=O)cc1. The van der Waals surface area contributed by atoms with Crippen molar-refractivity contribution < 1.29 is 19.1 Å². The molecule has 6 nitrogen and oxygen atoms in total. The predicted octanol–water partition coefficient (Wildman–Crippen LogP) is 3.59. The molecule has 1 fully saturated rings. The summed E-state index contributed by atoms with van der Waals surface area (Å²) in [5.74, 6) is 0.458. The van der Waals surface area contributed by atoms with Crippen LogP contribution in [0, 0.1) is 0 Å². The molecule has 7 heteroatoms. The summed E-state index contributed by atoms with van der Waals surface area (Å²) in [5.41, 5.74) is 1.69. The van der Waals surface area contributed by atoms with E-state index in [4.69, 9.17) is 21.1 Å². The third kappa shape index (κ3) is 4.46. The number of rotatable bonds is 8. The second-order valence-corrected chi connectivity index (χ2v) is 6.95. The molecule has 2 aromatic carbocycles.